The van der Waals surface area contributed by atoms with Crippen molar-refractivity contribution < 1.29 is 4.79 Å². The molecule has 0 bridgehead atoms. The molecule has 100 valence electrons. The fourth-order valence-corrected chi connectivity index (χ4v) is 1.76. The number of pyridine rings is 1. The highest BCUT2D eigenvalue weighted by Gasteiger charge is 2.10. The Bertz CT molecular complexity index is 381. The maximum atomic E-state index is 11.4. The van der Waals surface area contributed by atoms with Crippen molar-refractivity contribution in [1.29, 1.82) is 0 Å². The van der Waals surface area contributed by atoms with Gasteiger partial charge in [-0.25, -0.2) is 0 Å². The van der Waals surface area contributed by atoms with E-state index in [9.17, 15) is 4.79 Å². The van der Waals surface area contributed by atoms with Crippen molar-refractivity contribution in [2.75, 3.05) is 32.5 Å². The molecule has 0 radical (unpaired) electrons. The summed E-state index contributed by atoms with van der Waals surface area (Å²) in [6.07, 6.45) is 2.80. The molecule has 1 heterocycles. The van der Waals surface area contributed by atoms with Gasteiger partial charge in [0.2, 0.25) is 5.91 Å². The highest BCUT2D eigenvalue weighted by atomic mass is 16.1. The van der Waals surface area contributed by atoms with E-state index in [-0.39, 0.29) is 5.91 Å². The molecule has 0 saturated carbocycles. The number of nitrogens with zero attached hydrogens (tertiary/aromatic N) is 2. The summed E-state index contributed by atoms with van der Waals surface area (Å²) in [6.45, 7) is 4.10. The van der Waals surface area contributed by atoms with E-state index >= 15 is 0 Å². The minimum atomic E-state index is 0.0354. The fraction of sp³-hybridized carbons (Fsp3) is 0.538. The molecular formula is C13H22N4O. The van der Waals surface area contributed by atoms with Crippen LogP contribution in [0.5, 0.6) is 0 Å². The van der Waals surface area contributed by atoms with E-state index in [0.29, 0.717) is 13.1 Å². The second-order valence-corrected chi connectivity index (χ2v) is 4.17. The second kappa shape index (κ2) is 7.66. The number of likely N-dealkylation sites (N-methyl/N-ethyl adjacent to an activating group) is 1. The Labute approximate surface area is 109 Å². The van der Waals surface area contributed by atoms with Crippen LogP contribution in [-0.2, 0) is 11.3 Å². The molecule has 1 aromatic heterocycles. The van der Waals surface area contributed by atoms with E-state index in [1.54, 1.807) is 13.2 Å². The van der Waals surface area contributed by atoms with Gasteiger partial charge < -0.3 is 10.6 Å². The van der Waals surface area contributed by atoms with Crippen molar-refractivity contribution in [2.45, 2.75) is 19.9 Å². The Hall–Kier alpha value is -1.62. The number of hydrogen-bond donors (Lipinski definition) is 2. The van der Waals surface area contributed by atoms with Crippen LogP contribution in [0.25, 0.3) is 0 Å². The lowest BCUT2D eigenvalue weighted by Gasteiger charge is -2.20. The van der Waals surface area contributed by atoms with Crippen molar-refractivity contribution >= 4 is 11.6 Å². The molecule has 0 aliphatic rings. The normalized spacial score (nSPS) is 10.4. The Kier molecular flexibility index (Phi) is 6.14. The first-order chi connectivity index (χ1) is 8.69. The van der Waals surface area contributed by atoms with Crippen LogP contribution in [0.1, 0.15) is 19.0 Å². The smallest absolute Gasteiger partial charge is 0.233 e. The van der Waals surface area contributed by atoms with Gasteiger partial charge in [0.1, 0.15) is 0 Å². The number of amides is 1. The first-order valence-electron chi connectivity index (χ1n) is 6.25. The van der Waals surface area contributed by atoms with Crippen LogP contribution < -0.4 is 10.6 Å². The average Bonchev–Trinajstić information content (AvgIpc) is 2.39. The topological polar surface area (TPSA) is 57.3 Å². The highest BCUT2D eigenvalue weighted by Crippen LogP contribution is 2.09. The summed E-state index contributed by atoms with van der Waals surface area (Å²) in [5, 5.41) is 5.74. The predicted octanol–water partition coefficient (Wildman–Crippen LogP) is 1.08. The maximum absolute atomic E-state index is 11.4. The van der Waals surface area contributed by atoms with E-state index in [1.165, 1.54) is 0 Å². The van der Waals surface area contributed by atoms with Crippen LogP contribution in [0.3, 0.4) is 0 Å². The van der Waals surface area contributed by atoms with Gasteiger partial charge in [-0.1, -0.05) is 6.92 Å². The summed E-state index contributed by atoms with van der Waals surface area (Å²) < 4.78 is 0. The molecule has 5 nitrogen and oxygen atoms in total. The van der Waals surface area contributed by atoms with E-state index in [2.05, 4.69) is 27.4 Å². The number of anilines is 1. The molecule has 1 aromatic rings. The van der Waals surface area contributed by atoms with E-state index in [4.69, 9.17) is 0 Å². The molecule has 1 rings (SSSR count). The van der Waals surface area contributed by atoms with Crippen molar-refractivity contribution in [3.05, 3.63) is 24.0 Å². The van der Waals surface area contributed by atoms with E-state index in [1.807, 2.05) is 19.2 Å². The molecule has 0 aliphatic carbocycles. The number of hydrogen-bond acceptors (Lipinski definition) is 4. The first-order valence-corrected chi connectivity index (χ1v) is 6.25. The van der Waals surface area contributed by atoms with Gasteiger partial charge in [-0.15, -0.1) is 0 Å². The van der Waals surface area contributed by atoms with Crippen molar-refractivity contribution in [2.24, 2.45) is 0 Å². The van der Waals surface area contributed by atoms with E-state index < -0.39 is 0 Å². The highest BCUT2D eigenvalue weighted by molar-refractivity contribution is 5.77. The Morgan fingerprint density at radius 3 is 2.83 bits per heavy atom. The standard InChI is InChI=1S/C13H22N4O/c1-4-7-17(10-13(18)15-3)9-12-8-11(14-2)5-6-16-12/h5-6,8H,4,7,9-10H2,1-3H3,(H,14,16)(H,15,18). The summed E-state index contributed by atoms with van der Waals surface area (Å²) in [4.78, 5) is 17.9. The monoisotopic (exact) mass is 250 g/mol. The van der Waals surface area contributed by atoms with Gasteiger partial charge in [0, 0.05) is 32.5 Å². The average molecular weight is 250 g/mol. The van der Waals surface area contributed by atoms with E-state index in [0.717, 1.165) is 24.3 Å². The number of aromatic nitrogens is 1. The van der Waals surface area contributed by atoms with Crippen LogP contribution in [0.4, 0.5) is 5.69 Å². The van der Waals surface area contributed by atoms with Gasteiger partial charge in [0.15, 0.2) is 0 Å². The Morgan fingerprint density at radius 1 is 1.44 bits per heavy atom. The Balaban J connectivity index is 2.66. The van der Waals surface area contributed by atoms with Crippen LogP contribution in [-0.4, -0.2) is 43.0 Å². The molecule has 0 fully saturated rings. The molecule has 2 N–H and O–H groups in total. The summed E-state index contributed by atoms with van der Waals surface area (Å²) in [7, 11) is 3.54. The van der Waals surface area contributed by atoms with Gasteiger partial charge in [-0.2, -0.15) is 0 Å². The second-order valence-electron chi connectivity index (χ2n) is 4.17. The molecule has 0 spiro atoms. The zero-order chi connectivity index (χ0) is 13.4. The molecule has 1 amide bonds. The van der Waals surface area contributed by atoms with Crippen molar-refractivity contribution in [3.8, 4) is 0 Å². The van der Waals surface area contributed by atoms with Crippen LogP contribution in [0.15, 0.2) is 18.3 Å². The third-order valence-electron chi connectivity index (χ3n) is 2.68. The SMILES string of the molecule is CCCN(CC(=O)NC)Cc1cc(NC)ccn1. The predicted molar refractivity (Wildman–Crippen MR) is 73.4 cm³/mol. The van der Waals surface area contributed by atoms with Crippen molar-refractivity contribution in [1.82, 2.24) is 15.2 Å². The van der Waals surface area contributed by atoms with Gasteiger partial charge in [-0.3, -0.25) is 14.7 Å². The first kappa shape index (κ1) is 14.4. The Morgan fingerprint density at radius 2 is 2.22 bits per heavy atom. The summed E-state index contributed by atoms with van der Waals surface area (Å²) in [5.41, 5.74) is 2.01. The number of rotatable bonds is 7. The quantitative estimate of drug-likeness (QED) is 0.760. The summed E-state index contributed by atoms with van der Waals surface area (Å²) >= 11 is 0. The maximum Gasteiger partial charge on any atom is 0.233 e. The summed E-state index contributed by atoms with van der Waals surface area (Å²) in [5.74, 6) is 0.0354. The van der Waals surface area contributed by atoms with Gasteiger partial charge >= 0.3 is 0 Å². The van der Waals surface area contributed by atoms with Gasteiger partial charge in [0.05, 0.1) is 12.2 Å². The molecule has 18 heavy (non-hydrogen) atoms. The molecule has 0 aliphatic heterocycles. The molecule has 0 unspecified atom stereocenters. The lowest BCUT2D eigenvalue weighted by atomic mass is 10.3. The molecule has 0 aromatic carbocycles. The third kappa shape index (κ3) is 4.71. The lowest BCUT2D eigenvalue weighted by Crippen LogP contribution is -2.35. The number of carbonyl (C=O) groups excluding carboxylic acids is 1. The zero-order valence-electron chi connectivity index (χ0n) is 11.4. The molecular weight excluding hydrogens is 228 g/mol. The van der Waals surface area contributed by atoms with Crippen LogP contribution in [0.2, 0.25) is 0 Å². The van der Waals surface area contributed by atoms with Crippen LogP contribution in [0, 0.1) is 0 Å². The van der Waals surface area contributed by atoms with Crippen LogP contribution >= 0.6 is 0 Å². The number of carbonyl (C=O) groups is 1. The minimum absolute atomic E-state index is 0.0354. The third-order valence-corrected chi connectivity index (χ3v) is 2.68. The van der Waals surface area contributed by atoms with Crippen molar-refractivity contribution in [3.63, 3.8) is 0 Å². The zero-order valence-corrected chi connectivity index (χ0v) is 11.4. The summed E-state index contributed by atoms with van der Waals surface area (Å²) in [6, 6.07) is 3.93. The minimum Gasteiger partial charge on any atom is -0.388 e. The molecule has 0 atom stereocenters. The van der Waals surface area contributed by atoms with Gasteiger partial charge in [-0.05, 0) is 25.1 Å². The fourth-order valence-electron chi connectivity index (χ4n) is 1.76. The lowest BCUT2D eigenvalue weighted by molar-refractivity contribution is -0.121. The molecule has 5 heteroatoms. The molecule has 0 saturated heterocycles. The largest absolute Gasteiger partial charge is 0.388 e. The van der Waals surface area contributed by atoms with Gasteiger partial charge in [0.25, 0.3) is 0 Å². The number of nitrogens with one attached hydrogen (secondary N) is 2.